The molecule has 2 aromatic rings. The fourth-order valence-electron chi connectivity index (χ4n) is 1.70. The van der Waals surface area contributed by atoms with Gasteiger partial charge in [0, 0.05) is 19.7 Å². The molecule has 0 spiro atoms. The van der Waals surface area contributed by atoms with E-state index in [1.54, 1.807) is 29.9 Å². The summed E-state index contributed by atoms with van der Waals surface area (Å²) in [5, 5.41) is 5.21. The molecule has 0 fully saturated rings. The molecule has 0 aliphatic heterocycles. The van der Waals surface area contributed by atoms with E-state index in [1.807, 2.05) is 6.92 Å². The molecule has 0 atom stereocenters. The largest absolute Gasteiger partial charge is 0.439 e. The van der Waals surface area contributed by atoms with E-state index in [1.165, 1.54) is 0 Å². The maximum absolute atomic E-state index is 5.94. The highest BCUT2D eigenvalue weighted by Crippen LogP contribution is 2.31. The molecule has 0 radical (unpaired) electrons. The predicted octanol–water partition coefficient (Wildman–Crippen LogP) is 3.29. The van der Waals surface area contributed by atoms with E-state index in [-0.39, 0.29) is 0 Å². The second kappa shape index (κ2) is 5.18. The van der Waals surface area contributed by atoms with Gasteiger partial charge in [0.15, 0.2) is 0 Å². The van der Waals surface area contributed by atoms with Crippen molar-refractivity contribution in [2.45, 2.75) is 13.5 Å². The summed E-state index contributed by atoms with van der Waals surface area (Å²) in [5.41, 5.74) is 7.43. The summed E-state index contributed by atoms with van der Waals surface area (Å²) in [4.78, 5) is 0. The Morgan fingerprint density at radius 1 is 1.33 bits per heavy atom. The zero-order valence-electron chi connectivity index (χ0n) is 10.1. The molecule has 96 valence electrons. The van der Waals surface area contributed by atoms with Gasteiger partial charge in [-0.25, -0.2) is 4.68 Å². The van der Waals surface area contributed by atoms with E-state index in [0.29, 0.717) is 28.2 Å². The predicted molar refractivity (Wildman–Crippen MR) is 72.4 cm³/mol. The highest BCUT2D eigenvalue weighted by atomic mass is 35.5. The molecule has 0 unspecified atom stereocenters. The molecule has 1 aromatic heterocycles. The minimum Gasteiger partial charge on any atom is -0.439 e. The maximum atomic E-state index is 5.94. The van der Waals surface area contributed by atoms with Crippen molar-refractivity contribution in [3.05, 3.63) is 39.5 Å². The lowest BCUT2D eigenvalue weighted by Crippen LogP contribution is -2.01. The van der Waals surface area contributed by atoms with Crippen LogP contribution in [0.1, 0.15) is 11.3 Å². The minimum atomic E-state index is 0.371. The molecule has 0 amide bonds. The van der Waals surface area contributed by atoms with E-state index < -0.39 is 0 Å². The molecule has 0 saturated heterocycles. The van der Waals surface area contributed by atoms with Gasteiger partial charge in [-0.05, 0) is 19.1 Å². The molecule has 6 heteroatoms. The average Bonchev–Trinajstić information content (AvgIpc) is 2.58. The van der Waals surface area contributed by atoms with Gasteiger partial charge >= 0.3 is 0 Å². The van der Waals surface area contributed by atoms with Crippen molar-refractivity contribution in [3.8, 4) is 11.6 Å². The van der Waals surface area contributed by atoms with Gasteiger partial charge in [0.1, 0.15) is 5.75 Å². The normalized spacial score (nSPS) is 10.7. The number of rotatable bonds is 3. The van der Waals surface area contributed by atoms with Crippen molar-refractivity contribution < 1.29 is 4.74 Å². The van der Waals surface area contributed by atoms with Gasteiger partial charge in [0.05, 0.1) is 21.3 Å². The Bertz CT molecular complexity index is 581. The summed E-state index contributed by atoms with van der Waals surface area (Å²) in [5.74, 6) is 1.22. The van der Waals surface area contributed by atoms with Crippen LogP contribution in [-0.4, -0.2) is 9.78 Å². The number of aryl methyl sites for hydroxylation is 2. The van der Waals surface area contributed by atoms with E-state index in [4.69, 9.17) is 33.7 Å². The molecule has 18 heavy (non-hydrogen) atoms. The number of nitrogens with zero attached hydrogens (tertiary/aromatic N) is 2. The van der Waals surface area contributed by atoms with Crippen LogP contribution in [0, 0.1) is 6.92 Å². The van der Waals surface area contributed by atoms with E-state index in [2.05, 4.69) is 5.10 Å². The molecule has 2 N–H and O–H groups in total. The van der Waals surface area contributed by atoms with Crippen molar-refractivity contribution in [3.63, 3.8) is 0 Å². The van der Waals surface area contributed by atoms with Crippen molar-refractivity contribution in [2.24, 2.45) is 12.8 Å². The number of benzene rings is 1. The van der Waals surface area contributed by atoms with Crippen molar-refractivity contribution in [1.82, 2.24) is 9.78 Å². The second-order valence-corrected chi connectivity index (χ2v) is 4.69. The van der Waals surface area contributed by atoms with E-state index >= 15 is 0 Å². The fraction of sp³-hybridized carbons (Fsp3) is 0.250. The zero-order chi connectivity index (χ0) is 13.3. The van der Waals surface area contributed by atoms with Gasteiger partial charge in [-0.2, -0.15) is 5.10 Å². The molecule has 0 bridgehead atoms. The lowest BCUT2D eigenvalue weighted by Gasteiger charge is -2.08. The topological polar surface area (TPSA) is 53.1 Å². The van der Waals surface area contributed by atoms with Crippen LogP contribution in [0.2, 0.25) is 10.0 Å². The monoisotopic (exact) mass is 285 g/mol. The van der Waals surface area contributed by atoms with E-state index in [0.717, 1.165) is 11.3 Å². The molecule has 4 nitrogen and oxygen atoms in total. The minimum absolute atomic E-state index is 0.371. The standard InChI is InChI=1S/C12H13Cl2N3O/c1-7-9(6-15)12(17(2)16-7)18-8-3-4-10(13)11(14)5-8/h3-5H,6,15H2,1-2H3. The highest BCUT2D eigenvalue weighted by Gasteiger charge is 2.14. The Morgan fingerprint density at radius 2 is 2.06 bits per heavy atom. The Hall–Kier alpha value is -1.23. The van der Waals surface area contributed by atoms with Crippen molar-refractivity contribution >= 4 is 23.2 Å². The lowest BCUT2D eigenvalue weighted by atomic mass is 10.2. The zero-order valence-corrected chi connectivity index (χ0v) is 11.6. The van der Waals surface area contributed by atoms with Gasteiger partial charge in [0.25, 0.3) is 0 Å². The quantitative estimate of drug-likeness (QED) is 0.942. The molecule has 1 aromatic carbocycles. The lowest BCUT2D eigenvalue weighted by molar-refractivity contribution is 0.426. The van der Waals surface area contributed by atoms with E-state index in [9.17, 15) is 0 Å². The molecule has 0 aliphatic carbocycles. The fourth-order valence-corrected chi connectivity index (χ4v) is 1.98. The average molecular weight is 286 g/mol. The summed E-state index contributed by atoms with van der Waals surface area (Å²) in [6.45, 7) is 2.26. The third kappa shape index (κ3) is 2.46. The van der Waals surface area contributed by atoms with Crippen LogP contribution in [0.4, 0.5) is 0 Å². The number of hydrogen-bond donors (Lipinski definition) is 1. The van der Waals surface area contributed by atoms with Crippen molar-refractivity contribution in [1.29, 1.82) is 0 Å². The van der Waals surface area contributed by atoms with Gasteiger partial charge in [0.2, 0.25) is 5.88 Å². The van der Waals surface area contributed by atoms with Gasteiger partial charge in [-0.15, -0.1) is 0 Å². The molecule has 0 saturated carbocycles. The number of halogens is 2. The summed E-state index contributed by atoms with van der Waals surface area (Å²) >= 11 is 11.8. The third-order valence-corrected chi connectivity index (χ3v) is 3.34. The first-order chi connectivity index (χ1) is 8.52. The van der Waals surface area contributed by atoms with Crippen LogP contribution >= 0.6 is 23.2 Å². The summed E-state index contributed by atoms with van der Waals surface area (Å²) < 4.78 is 7.42. The number of hydrogen-bond acceptors (Lipinski definition) is 3. The first-order valence-corrected chi connectivity index (χ1v) is 6.14. The third-order valence-electron chi connectivity index (χ3n) is 2.60. The smallest absolute Gasteiger partial charge is 0.222 e. The van der Waals surface area contributed by atoms with Crippen LogP contribution in [0.5, 0.6) is 11.6 Å². The van der Waals surface area contributed by atoms with Crippen LogP contribution in [0.25, 0.3) is 0 Å². The first kappa shape index (κ1) is 13.2. The SMILES string of the molecule is Cc1nn(C)c(Oc2ccc(Cl)c(Cl)c2)c1CN. The molecule has 1 heterocycles. The second-order valence-electron chi connectivity index (χ2n) is 3.87. The van der Waals surface area contributed by atoms with Crippen molar-refractivity contribution in [2.75, 3.05) is 0 Å². The molecular formula is C12H13Cl2N3O. The van der Waals surface area contributed by atoms with Gasteiger partial charge in [-0.3, -0.25) is 0 Å². The van der Waals surface area contributed by atoms with Crippen LogP contribution in [0.15, 0.2) is 18.2 Å². The van der Waals surface area contributed by atoms with Gasteiger partial charge in [-0.1, -0.05) is 23.2 Å². The van der Waals surface area contributed by atoms with Crippen LogP contribution in [0.3, 0.4) is 0 Å². The summed E-state index contributed by atoms with van der Waals surface area (Å²) in [7, 11) is 1.80. The summed E-state index contributed by atoms with van der Waals surface area (Å²) in [6, 6.07) is 5.09. The number of ether oxygens (including phenoxy) is 1. The highest BCUT2D eigenvalue weighted by molar-refractivity contribution is 6.42. The summed E-state index contributed by atoms with van der Waals surface area (Å²) in [6.07, 6.45) is 0. The molecule has 2 rings (SSSR count). The Morgan fingerprint density at radius 3 is 2.67 bits per heavy atom. The van der Waals surface area contributed by atoms with Gasteiger partial charge < -0.3 is 10.5 Å². The maximum Gasteiger partial charge on any atom is 0.222 e. The van der Waals surface area contributed by atoms with Crippen LogP contribution in [-0.2, 0) is 13.6 Å². The molecular weight excluding hydrogens is 273 g/mol. The number of nitrogens with two attached hydrogens (primary N) is 1. The molecule has 0 aliphatic rings. The first-order valence-electron chi connectivity index (χ1n) is 5.38. The van der Waals surface area contributed by atoms with Crippen LogP contribution < -0.4 is 10.5 Å². The number of aromatic nitrogens is 2. The Kier molecular flexibility index (Phi) is 3.80. The Labute approximate surface area is 115 Å². The Balaban J connectivity index is 2.36.